The van der Waals surface area contributed by atoms with Crippen LogP contribution in [0.3, 0.4) is 0 Å². The third-order valence-corrected chi connectivity index (χ3v) is 8.18. The number of imidazole rings is 2. The summed E-state index contributed by atoms with van der Waals surface area (Å²) in [5.74, 6) is 5.64. The highest BCUT2D eigenvalue weighted by Crippen LogP contribution is 2.33. The van der Waals surface area contributed by atoms with Gasteiger partial charge in [-0.3, -0.25) is 9.59 Å². The van der Waals surface area contributed by atoms with Gasteiger partial charge in [0.1, 0.15) is 17.1 Å². The first-order chi connectivity index (χ1) is 23.5. The van der Waals surface area contributed by atoms with Crippen LogP contribution in [0.2, 0.25) is 0 Å². The second kappa shape index (κ2) is 14.2. The summed E-state index contributed by atoms with van der Waals surface area (Å²) < 4.78 is 50.7. The number of nitrogens with one attached hydrogen (secondary N) is 2. The molecule has 0 radical (unpaired) electrons. The molecule has 1 aliphatic rings. The molecule has 10 nitrogen and oxygen atoms in total. The molecule has 2 amide bonds. The SMILES string of the molecule is Cc1cn(-c2cc(NC(=O)c3cc4cc(c3C)C#Cc3cnc5ccc(nn35)C(=O)NCCCCCCCCO4)cc(C(F)(F)F)c2)cn1. The normalized spacial score (nSPS) is 14.4. The molecular weight excluding hydrogens is 635 g/mol. The summed E-state index contributed by atoms with van der Waals surface area (Å²) in [6, 6.07) is 9.96. The number of alkyl halides is 3. The van der Waals surface area contributed by atoms with Crippen molar-refractivity contribution in [3.05, 3.63) is 101 Å². The lowest BCUT2D eigenvalue weighted by Crippen LogP contribution is -2.26. The Morgan fingerprint density at radius 1 is 0.980 bits per heavy atom. The summed E-state index contributed by atoms with van der Waals surface area (Å²) in [4.78, 5) is 35.0. The van der Waals surface area contributed by atoms with Crippen molar-refractivity contribution < 1.29 is 27.5 Å². The second-order valence-corrected chi connectivity index (χ2v) is 11.9. The van der Waals surface area contributed by atoms with Crippen LogP contribution in [0.15, 0.2) is 61.2 Å². The lowest BCUT2D eigenvalue weighted by Gasteiger charge is -2.16. The van der Waals surface area contributed by atoms with Crippen LogP contribution in [-0.4, -0.2) is 49.1 Å². The highest BCUT2D eigenvalue weighted by Gasteiger charge is 2.32. The highest BCUT2D eigenvalue weighted by molar-refractivity contribution is 6.06. The Morgan fingerprint density at radius 2 is 1.78 bits per heavy atom. The number of carbonyl (C=O) groups is 2. The lowest BCUT2D eigenvalue weighted by atomic mass is 10.0. The maximum absolute atomic E-state index is 13.9. The highest BCUT2D eigenvalue weighted by atomic mass is 19.4. The largest absolute Gasteiger partial charge is 0.494 e. The number of hydrogen-bond donors (Lipinski definition) is 2. The van der Waals surface area contributed by atoms with Crippen LogP contribution in [0.5, 0.6) is 5.75 Å². The molecule has 0 unspecified atom stereocenters. The van der Waals surface area contributed by atoms with E-state index >= 15 is 0 Å². The summed E-state index contributed by atoms with van der Waals surface area (Å²) in [5, 5.41) is 10.0. The van der Waals surface area contributed by atoms with E-state index in [4.69, 9.17) is 4.74 Å². The molecule has 1 aliphatic heterocycles. The van der Waals surface area contributed by atoms with E-state index in [1.165, 1.54) is 21.5 Å². The number of nitrogens with zero attached hydrogens (tertiary/aromatic N) is 5. The Hall–Kier alpha value is -5.64. The summed E-state index contributed by atoms with van der Waals surface area (Å²) in [6.07, 6.45) is 5.50. The number of amides is 2. The third-order valence-electron chi connectivity index (χ3n) is 8.18. The summed E-state index contributed by atoms with van der Waals surface area (Å²) in [7, 11) is 0. The van der Waals surface area contributed by atoms with Gasteiger partial charge in [-0.2, -0.15) is 18.3 Å². The molecular formula is C36H34F3N7O3. The van der Waals surface area contributed by atoms with E-state index in [2.05, 4.69) is 37.5 Å². The molecule has 4 heterocycles. The summed E-state index contributed by atoms with van der Waals surface area (Å²) in [6.45, 7) is 4.41. The summed E-state index contributed by atoms with van der Waals surface area (Å²) in [5.41, 5.74) is 2.18. The minimum atomic E-state index is -4.65. The molecule has 4 bridgehead atoms. The van der Waals surface area contributed by atoms with Crippen LogP contribution in [-0.2, 0) is 6.18 Å². The number of hydrogen-bond acceptors (Lipinski definition) is 6. The van der Waals surface area contributed by atoms with Crippen LogP contribution in [0.25, 0.3) is 11.3 Å². The Morgan fingerprint density at radius 3 is 2.55 bits per heavy atom. The quantitative estimate of drug-likeness (QED) is 0.208. The van der Waals surface area contributed by atoms with Gasteiger partial charge in [-0.1, -0.05) is 31.6 Å². The fraction of sp³-hybridized carbons (Fsp3) is 0.306. The van der Waals surface area contributed by atoms with E-state index in [1.54, 1.807) is 50.5 Å². The van der Waals surface area contributed by atoms with Gasteiger partial charge in [0, 0.05) is 35.2 Å². The van der Waals surface area contributed by atoms with Crippen molar-refractivity contribution in [3.8, 4) is 23.3 Å². The van der Waals surface area contributed by atoms with E-state index in [-0.39, 0.29) is 28.5 Å². The molecule has 2 N–H and O–H groups in total. The number of carbonyl (C=O) groups excluding carboxylic acids is 2. The fourth-order valence-electron chi connectivity index (χ4n) is 5.52. The zero-order valence-corrected chi connectivity index (χ0v) is 27.0. The van der Waals surface area contributed by atoms with Gasteiger partial charge in [0.15, 0.2) is 5.65 Å². The molecule has 49 heavy (non-hydrogen) atoms. The molecule has 0 saturated heterocycles. The summed E-state index contributed by atoms with van der Waals surface area (Å²) >= 11 is 0. The van der Waals surface area contributed by atoms with E-state index in [1.807, 2.05) is 0 Å². The standard InChI is InChI=1S/C36H34F3N7O3/c1-23-21-45(22-42-23)29-17-26(36(37,38)39)16-27(18-29)43-34(47)31-19-30-15-25(24(31)2)9-10-28-20-41-33-12-11-32(44-46(28)33)35(48)40-13-7-5-3-4-6-8-14-49-30/h11-12,15-22H,3-8,13-14H2,1-2H3,(H,40,48)(H,43,47). The average molecular weight is 670 g/mol. The number of aryl methyl sites for hydroxylation is 1. The monoisotopic (exact) mass is 669 g/mol. The Bertz CT molecular complexity index is 2090. The molecule has 0 spiro atoms. The maximum Gasteiger partial charge on any atom is 0.416 e. The maximum atomic E-state index is 13.9. The fourth-order valence-corrected chi connectivity index (χ4v) is 5.52. The van der Waals surface area contributed by atoms with E-state index in [0.29, 0.717) is 47.1 Å². The predicted molar refractivity (Wildman–Crippen MR) is 177 cm³/mol. The van der Waals surface area contributed by atoms with Crippen molar-refractivity contribution in [2.45, 2.75) is 58.5 Å². The van der Waals surface area contributed by atoms with Gasteiger partial charge in [0.05, 0.1) is 30.4 Å². The molecule has 0 atom stereocenters. The van der Waals surface area contributed by atoms with Crippen molar-refractivity contribution in [1.82, 2.24) is 29.5 Å². The van der Waals surface area contributed by atoms with Crippen LogP contribution < -0.4 is 15.4 Å². The molecule has 0 saturated carbocycles. The molecule has 0 fully saturated rings. The van der Waals surface area contributed by atoms with Crippen LogP contribution in [0.1, 0.15) is 87.4 Å². The van der Waals surface area contributed by atoms with Crippen molar-refractivity contribution in [1.29, 1.82) is 0 Å². The van der Waals surface area contributed by atoms with Gasteiger partial charge < -0.3 is 19.9 Å². The number of halogens is 3. The molecule has 6 rings (SSSR count). The predicted octanol–water partition coefficient (Wildman–Crippen LogP) is 6.67. The van der Waals surface area contributed by atoms with Gasteiger partial charge in [-0.25, -0.2) is 14.5 Å². The molecule has 5 aromatic rings. The van der Waals surface area contributed by atoms with E-state index in [0.717, 1.165) is 50.7 Å². The van der Waals surface area contributed by atoms with Crippen molar-refractivity contribution in [2.75, 3.05) is 18.5 Å². The second-order valence-electron chi connectivity index (χ2n) is 11.9. The first kappa shape index (κ1) is 33.3. The lowest BCUT2D eigenvalue weighted by molar-refractivity contribution is -0.137. The minimum Gasteiger partial charge on any atom is -0.494 e. The van der Waals surface area contributed by atoms with Gasteiger partial charge >= 0.3 is 6.18 Å². The Labute approximate surface area is 280 Å². The first-order valence-corrected chi connectivity index (χ1v) is 16.0. The molecule has 252 valence electrons. The number of rotatable bonds is 3. The third kappa shape index (κ3) is 7.92. The van der Waals surface area contributed by atoms with Crippen LogP contribution in [0, 0.1) is 25.7 Å². The van der Waals surface area contributed by atoms with Gasteiger partial charge in [-0.05, 0) is 80.6 Å². The van der Waals surface area contributed by atoms with Crippen molar-refractivity contribution >= 4 is 23.1 Å². The molecule has 3 aromatic heterocycles. The zero-order chi connectivity index (χ0) is 34.5. The average Bonchev–Trinajstić information content (AvgIpc) is 3.70. The molecule has 2 aromatic carbocycles. The molecule has 13 heteroatoms. The van der Waals surface area contributed by atoms with Gasteiger partial charge in [0.2, 0.25) is 0 Å². The van der Waals surface area contributed by atoms with E-state index < -0.39 is 17.6 Å². The zero-order valence-electron chi connectivity index (χ0n) is 27.0. The number of aromatic nitrogens is 5. The minimum absolute atomic E-state index is 0.0377. The number of fused-ring (bicyclic) bond motifs is 3. The Kier molecular flexibility index (Phi) is 9.66. The Balaban J connectivity index is 1.37. The molecule has 0 aliphatic carbocycles. The van der Waals surface area contributed by atoms with Gasteiger partial charge in [0.25, 0.3) is 11.8 Å². The topological polar surface area (TPSA) is 115 Å². The van der Waals surface area contributed by atoms with Crippen LogP contribution in [0.4, 0.5) is 18.9 Å². The van der Waals surface area contributed by atoms with Gasteiger partial charge in [-0.15, -0.1) is 0 Å². The first-order valence-electron chi connectivity index (χ1n) is 16.0. The number of ether oxygens (including phenoxy) is 1. The van der Waals surface area contributed by atoms with E-state index in [9.17, 15) is 22.8 Å². The number of anilines is 1. The van der Waals surface area contributed by atoms with Crippen LogP contribution >= 0.6 is 0 Å². The smallest absolute Gasteiger partial charge is 0.416 e. The van der Waals surface area contributed by atoms with Crippen molar-refractivity contribution in [3.63, 3.8) is 0 Å². The number of benzene rings is 2. The van der Waals surface area contributed by atoms with Crippen molar-refractivity contribution in [2.24, 2.45) is 0 Å².